The molecule has 0 bridgehead atoms. The molecule has 6 nitrogen and oxygen atoms in total. The standard InChI is InChI=1S/C68H135NO5/c1-3-5-7-9-11-13-15-17-19-21-23-25-27-29-31-32-33-34-36-38-40-42-44-46-48-50-52-54-56-58-60-62-66(72)68(74)69-64(63-70)67(73)65(71)61-59-57-55-53-51-49-47-45-43-41-39-37-35-30-28-26-24-22-20-18-16-14-12-10-8-6-4-2/h29,31,64-67,70-73H,3-28,30,32-63H2,1-2H3,(H,69,74)/b31-29-. The molecule has 0 aliphatic heterocycles. The highest BCUT2D eigenvalue weighted by molar-refractivity contribution is 5.80. The number of allylic oxidation sites excluding steroid dienone is 2. The molecule has 1 amide bonds. The Kier molecular flexibility index (Phi) is 62.1. The normalized spacial score (nSPS) is 13.5. The zero-order valence-electron chi connectivity index (χ0n) is 50.4. The molecule has 4 unspecified atom stereocenters. The summed E-state index contributed by atoms with van der Waals surface area (Å²) in [5.74, 6) is -0.575. The summed E-state index contributed by atoms with van der Waals surface area (Å²) >= 11 is 0. The van der Waals surface area contributed by atoms with Gasteiger partial charge in [0.05, 0.1) is 18.8 Å². The minimum atomic E-state index is -1.26. The van der Waals surface area contributed by atoms with Crippen molar-refractivity contribution >= 4 is 5.91 Å². The molecule has 0 aromatic rings. The van der Waals surface area contributed by atoms with Crippen molar-refractivity contribution in [2.75, 3.05) is 6.61 Å². The lowest BCUT2D eigenvalue weighted by atomic mass is 9.99. The summed E-state index contributed by atoms with van der Waals surface area (Å²) in [6, 6.07) is -0.984. The average molecular weight is 1050 g/mol. The maximum absolute atomic E-state index is 12.7. The maximum atomic E-state index is 12.7. The van der Waals surface area contributed by atoms with Gasteiger partial charge in [0.15, 0.2) is 0 Å². The number of carbonyl (C=O) groups excluding carboxylic acids is 1. The number of hydrogen-bond acceptors (Lipinski definition) is 5. The smallest absolute Gasteiger partial charge is 0.249 e. The molecule has 74 heavy (non-hydrogen) atoms. The van der Waals surface area contributed by atoms with E-state index in [4.69, 9.17) is 0 Å². The van der Waals surface area contributed by atoms with Gasteiger partial charge < -0.3 is 25.7 Å². The van der Waals surface area contributed by atoms with Gasteiger partial charge in [-0.05, 0) is 38.5 Å². The third kappa shape index (κ3) is 55.8. The molecule has 0 aromatic heterocycles. The predicted octanol–water partition coefficient (Wildman–Crippen LogP) is 20.8. The van der Waals surface area contributed by atoms with Crippen LogP contribution >= 0.6 is 0 Å². The van der Waals surface area contributed by atoms with Crippen LogP contribution < -0.4 is 5.32 Å². The first-order valence-corrected chi connectivity index (χ1v) is 34.1. The van der Waals surface area contributed by atoms with Gasteiger partial charge in [0.25, 0.3) is 0 Å². The van der Waals surface area contributed by atoms with E-state index in [-0.39, 0.29) is 0 Å². The molecule has 0 aliphatic carbocycles. The maximum Gasteiger partial charge on any atom is 0.249 e. The molecule has 4 atom stereocenters. The summed E-state index contributed by atoms with van der Waals surface area (Å²) in [6.07, 6.45) is 77.6. The van der Waals surface area contributed by atoms with Crippen LogP contribution in [0.15, 0.2) is 12.2 Å². The van der Waals surface area contributed by atoms with E-state index in [0.717, 1.165) is 38.5 Å². The molecule has 6 heteroatoms. The highest BCUT2D eigenvalue weighted by Crippen LogP contribution is 2.20. The Labute approximate surface area is 463 Å². The minimum absolute atomic E-state index is 0.374. The van der Waals surface area contributed by atoms with Gasteiger partial charge in [-0.15, -0.1) is 0 Å². The van der Waals surface area contributed by atoms with Crippen molar-refractivity contribution in [2.24, 2.45) is 0 Å². The molecule has 0 saturated heterocycles. The molecule has 0 aromatic carbocycles. The van der Waals surface area contributed by atoms with E-state index >= 15 is 0 Å². The van der Waals surface area contributed by atoms with Gasteiger partial charge in [0.1, 0.15) is 12.2 Å². The number of aliphatic hydroxyl groups excluding tert-OH is 4. The van der Waals surface area contributed by atoms with Crippen LogP contribution in [0.2, 0.25) is 0 Å². The Bertz CT molecular complexity index is 1080. The highest BCUT2D eigenvalue weighted by Gasteiger charge is 2.28. The number of aliphatic hydroxyl groups is 4. The lowest BCUT2D eigenvalue weighted by molar-refractivity contribution is -0.132. The fourth-order valence-electron chi connectivity index (χ4n) is 11.2. The van der Waals surface area contributed by atoms with Crippen LogP contribution in [0.1, 0.15) is 386 Å². The molecule has 0 rings (SSSR count). The van der Waals surface area contributed by atoms with Crippen molar-refractivity contribution in [1.82, 2.24) is 5.32 Å². The van der Waals surface area contributed by atoms with Crippen molar-refractivity contribution in [3.8, 4) is 0 Å². The van der Waals surface area contributed by atoms with Crippen LogP contribution in [0.5, 0.6) is 0 Å². The molecule has 0 fully saturated rings. The van der Waals surface area contributed by atoms with Gasteiger partial charge in [-0.3, -0.25) is 4.79 Å². The molecule has 0 spiro atoms. The van der Waals surface area contributed by atoms with Gasteiger partial charge in [0, 0.05) is 0 Å². The van der Waals surface area contributed by atoms with Crippen molar-refractivity contribution < 1.29 is 25.2 Å². The van der Waals surface area contributed by atoms with Gasteiger partial charge >= 0.3 is 0 Å². The molecule has 0 heterocycles. The number of hydrogen-bond donors (Lipinski definition) is 5. The predicted molar refractivity (Wildman–Crippen MR) is 325 cm³/mol. The first kappa shape index (κ1) is 73.0. The Morgan fingerprint density at radius 2 is 0.541 bits per heavy atom. The third-order valence-electron chi connectivity index (χ3n) is 16.5. The number of unbranched alkanes of at least 4 members (excludes halogenated alkanes) is 53. The van der Waals surface area contributed by atoms with Crippen LogP contribution in [-0.4, -0.2) is 57.3 Å². The Morgan fingerprint density at radius 3 is 0.784 bits per heavy atom. The van der Waals surface area contributed by atoms with Gasteiger partial charge in [-0.1, -0.05) is 360 Å². The van der Waals surface area contributed by atoms with Crippen molar-refractivity contribution in [2.45, 2.75) is 411 Å². The monoisotopic (exact) mass is 1050 g/mol. The summed E-state index contributed by atoms with van der Waals surface area (Å²) in [6.45, 7) is 4.11. The first-order valence-electron chi connectivity index (χ1n) is 34.1. The zero-order chi connectivity index (χ0) is 53.7. The second-order valence-electron chi connectivity index (χ2n) is 23.9. The van der Waals surface area contributed by atoms with E-state index in [1.807, 2.05) is 0 Å². The third-order valence-corrected chi connectivity index (χ3v) is 16.5. The first-order chi connectivity index (χ1) is 36.5. The lowest BCUT2D eigenvalue weighted by Gasteiger charge is -2.27. The lowest BCUT2D eigenvalue weighted by Crippen LogP contribution is -2.53. The van der Waals surface area contributed by atoms with Crippen LogP contribution in [-0.2, 0) is 4.79 Å². The topological polar surface area (TPSA) is 110 Å². The number of carbonyl (C=O) groups is 1. The van der Waals surface area contributed by atoms with Crippen molar-refractivity contribution in [3.63, 3.8) is 0 Å². The molecule has 0 saturated carbocycles. The van der Waals surface area contributed by atoms with E-state index in [0.29, 0.717) is 12.8 Å². The molecule has 5 N–H and O–H groups in total. The van der Waals surface area contributed by atoms with Crippen LogP contribution in [0.3, 0.4) is 0 Å². The Hall–Kier alpha value is -0.950. The van der Waals surface area contributed by atoms with Crippen LogP contribution in [0.25, 0.3) is 0 Å². The van der Waals surface area contributed by atoms with E-state index in [1.54, 1.807) is 0 Å². The SMILES string of the molecule is CCCCCCCCCCCCCC/C=C\CCCCCCCCCCCCCCCCCC(O)C(=O)NC(CO)C(O)C(O)CCCCCCCCCCCCCCCCCCCCCCCCCCCCC. The minimum Gasteiger partial charge on any atom is -0.394 e. The van der Waals surface area contributed by atoms with E-state index in [9.17, 15) is 25.2 Å². The summed E-state index contributed by atoms with van der Waals surface area (Å²) in [5.41, 5.74) is 0. The largest absolute Gasteiger partial charge is 0.394 e. The Balaban J connectivity index is 3.53. The highest BCUT2D eigenvalue weighted by atomic mass is 16.3. The van der Waals surface area contributed by atoms with Gasteiger partial charge in [-0.25, -0.2) is 0 Å². The van der Waals surface area contributed by atoms with E-state index < -0.39 is 36.9 Å². The summed E-state index contributed by atoms with van der Waals surface area (Å²) < 4.78 is 0. The Morgan fingerprint density at radius 1 is 0.324 bits per heavy atom. The summed E-state index contributed by atoms with van der Waals surface area (Å²) in [5, 5.41) is 44.2. The van der Waals surface area contributed by atoms with Crippen LogP contribution in [0, 0.1) is 0 Å². The zero-order valence-corrected chi connectivity index (χ0v) is 50.4. The fourth-order valence-corrected chi connectivity index (χ4v) is 11.2. The number of amides is 1. The quantitative estimate of drug-likeness (QED) is 0.0308. The van der Waals surface area contributed by atoms with E-state index in [1.165, 1.54) is 321 Å². The average Bonchev–Trinajstić information content (AvgIpc) is 3.41. The van der Waals surface area contributed by atoms with Crippen molar-refractivity contribution in [3.05, 3.63) is 12.2 Å². The fraction of sp³-hybridized carbons (Fsp3) is 0.956. The van der Waals surface area contributed by atoms with Gasteiger partial charge in [0.2, 0.25) is 5.91 Å². The van der Waals surface area contributed by atoms with Gasteiger partial charge in [-0.2, -0.15) is 0 Å². The summed E-state index contributed by atoms with van der Waals surface area (Å²) in [4.78, 5) is 12.7. The molecule has 0 aliphatic rings. The van der Waals surface area contributed by atoms with Crippen molar-refractivity contribution in [1.29, 1.82) is 0 Å². The number of rotatable bonds is 64. The second-order valence-corrected chi connectivity index (χ2v) is 23.9. The van der Waals surface area contributed by atoms with Crippen LogP contribution in [0.4, 0.5) is 0 Å². The number of nitrogens with one attached hydrogen (secondary N) is 1. The molecule has 442 valence electrons. The second kappa shape index (κ2) is 62.9. The molecular weight excluding hydrogens is 911 g/mol. The summed E-state index contributed by atoms with van der Waals surface area (Å²) in [7, 11) is 0. The molecular formula is C68H135NO5. The van der Waals surface area contributed by atoms with E-state index in [2.05, 4.69) is 31.3 Å². The molecule has 0 radical (unpaired) electrons.